The van der Waals surface area contributed by atoms with Crippen molar-refractivity contribution in [2.75, 3.05) is 6.54 Å². The zero-order valence-corrected chi connectivity index (χ0v) is 8.60. The van der Waals surface area contributed by atoms with Crippen LogP contribution in [0.5, 0.6) is 0 Å². The van der Waals surface area contributed by atoms with Crippen LogP contribution in [0.4, 0.5) is 0 Å². The molecule has 14 heavy (non-hydrogen) atoms. The number of halogens is 1. The standard InChI is InChI=1S/C7H6BrN5O/c8-4-2-10-7-11-6(5(14)1-9)12-13(7)3-4/h2-3H,1,9H2. The average Bonchev–Trinajstić information content (AvgIpc) is 2.59. The van der Waals surface area contributed by atoms with E-state index in [2.05, 4.69) is 31.0 Å². The molecule has 0 saturated heterocycles. The summed E-state index contributed by atoms with van der Waals surface area (Å²) >= 11 is 3.24. The fraction of sp³-hybridized carbons (Fsp3) is 0.143. The number of Topliss-reactive ketones (excluding diaryl/α,β-unsaturated/α-hetero) is 1. The van der Waals surface area contributed by atoms with Gasteiger partial charge < -0.3 is 5.73 Å². The lowest BCUT2D eigenvalue weighted by atomic mass is 10.4. The number of carbonyl (C=O) groups is 1. The van der Waals surface area contributed by atoms with Crippen LogP contribution in [-0.4, -0.2) is 31.9 Å². The lowest BCUT2D eigenvalue weighted by Crippen LogP contribution is -2.15. The van der Waals surface area contributed by atoms with E-state index >= 15 is 0 Å². The van der Waals surface area contributed by atoms with Gasteiger partial charge in [-0.25, -0.2) is 9.50 Å². The van der Waals surface area contributed by atoms with Crippen molar-refractivity contribution in [3.8, 4) is 0 Å². The number of hydrogen-bond acceptors (Lipinski definition) is 5. The molecule has 0 aliphatic rings. The van der Waals surface area contributed by atoms with E-state index in [0.29, 0.717) is 5.78 Å². The maximum Gasteiger partial charge on any atom is 0.252 e. The van der Waals surface area contributed by atoms with Crippen molar-refractivity contribution in [1.82, 2.24) is 19.6 Å². The maximum atomic E-state index is 11.2. The molecule has 0 fully saturated rings. The molecule has 0 aromatic carbocycles. The fourth-order valence-corrected chi connectivity index (χ4v) is 1.26. The van der Waals surface area contributed by atoms with Crippen LogP contribution in [0.1, 0.15) is 10.6 Å². The molecule has 72 valence electrons. The first-order chi connectivity index (χ1) is 6.70. The van der Waals surface area contributed by atoms with Crippen molar-refractivity contribution in [2.45, 2.75) is 0 Å². The summed E-state index contributed by atoms with van der Waals surface area (Å²) in [5, 5.41) is 3.93. The first-order valence-electron chi connectivity index (χ1n) is 3.82. The van der Waals surface area contributed by atoms with E-state index in [4.69, 9.17) is 5.73 Å². The van der Waals surface area contributed by atoms with Crippen LogP contribution in [0.15, 0.2) is 16.9 Å². The molecule has 2 heterocycles. The topological polar surface area (TPSA) is 86.2 Å². The zero-order valence-electron chi connectivity index (χ0n) is 7.01. The van der Waals surface area contributed by atoms with Gasteiger partial charge in [0.2, 0.25) is 11.6 Å². The second-order valence-electron chi connectivity index (χ2n) is 2.58. The first kappa shape index (κ1) is 9.22. The Labute approximate surface area is 87.3 Å². The molecular formula is C7H6BrN5O. The quantitative estimate of drug-likeness (QED) is 0.766. The minimum atomic E-state index is -0.299. The van der Waals surface area contributed by atoms with E-state index < -0.39 is 0 Å². The van der Waals surface area contributed by atoms with Crippen LogP contribution in [0.25, 0.3) is 5.78 Å². The summed E-state index contributed by atoms with van der Waals surface area (Å²) in [6.45, 7) is -0.0992. The highest BCUT2D eigenvalue weighted by Gasteiger charge is 2.11. The maximum absolute atomic E-state index is 11.2. The minimum Gasteiger partial charge on any atom is -0.324 e. The summed E-state index contributed by atoms with van der Waals surface area (Å²) in [5.41, 5.74) is 5.19. The molecule has 2 aromatic rings. The second-order valence-corrected chi connectivity index (χ2v) is 3.50. The van der Waals surface area contributed by atoms with Gasteiger partial charge in [-0.15, -0.1) is 5.10 Å². The van der Waals surface area contributed by atoms with Crippen molar-refractivity contribution >= 4 is 27.5 Å². The Morgan fingerprint density at radius 3 is 3.14 bits per heavy atom. The molecule has 0 saturated carbocycles. The Kier molecular flexibility index (Phi) is 2.26. The predicted octanol–water partition coefficient (Wildman–Crippen LogP) is 0.0282. The summed E-state index contributed by atoms with van der Waals surface area (Å²) in [5.74, 6) is 0.176. The average molecular weight is 256 g/mol. The number of aromatic nitrogens is 4. The molecule has 2 aromatic heterocycles. The van der Waals surface area contributed by atoms with Crippen LogP contribution >= 0.6 is 15.9 Å². The van der Waals surface area contributed by atoms with Crippen LogP contribution in [-0.2, 0) is 0 Å². The number of fused-ring (bicyclic) bond motifs is 1. The predicted molar refractivity (Wildman–Crippen MR) is 51.9 cm³/mol. The molecule has 2 rings (SSSR count). The minimum absolute atomic E-state index is 0.0955. The van der Waals surface area contributed by atoms with E-state index in [-0.39, 0.29) is 18.2 Å². The molecule has 0 unspecified atom stereocenters. The van der Waals surface area contributed by atoms with Gasteiger partial charge in [-0.1, -0.05) is 0 Å². The lowest BCUT2D eigenvalue weighted by Gasteiger charge is -1.89. The number of carbonyl (C=O) groups excluding carboxylic acids is 1. The van der Waals surface area contributed by atoms with E-state index in [9.17, 15) is 4.79 Å². The second kappa shape index (κ2) is 3.43. The highest BCUT2D eigenvalue weighted by molar-refractivity contribution is 9.10. The van der Waals surface area contributed by atoms with Gasteiger partial charge in [-0.3, -0.25) is 4.79 Å². The number of hydrogen-bond donors (Lipinski definition) is 1. The van der Waals surface area contributed by atoms with Crippen LogP contribution in [0.2, 0.25) is 0 Å². The molecule has 0 aliphatic carbocycles. The first-order valence-corrected chi connectivity index (χ1v) is 4.61. The monoisotopic (exact) mass is 255 g/mol. The molecule has 2 N–H and O–H groups in total. The fourth-order valence-electron chi connectivity index (χ4n) is 0.969. The normalized spacial score (nSPS) is 10.7. The Hall–Kier alpha value is -1.34. The third-order valence-electron chi connectivity index (χ3n) is 1.60. The molecule has 0 bridgehead atoms. The summed E-state index contributed by atoms with van der Waals surface area (Å²) in [7, 11) is 0. The summed E-state index contributed by atoms with van der Waals surface area (Å²) in [6, 6.07) is 0. The lowest BCUT2D eigenvalue weighted by molar-refractivity contribution is 0.0992. The number of rotatable bonds is 2. The summed E-state index contributed by atoms with van der Waals surface area (Å²) in [4.78, 5) is 19.0. The van der Waals surface area contributed by atoms with Gasteiger partial charge >= 0.3 is 0 Å². The Bertz CT molecular complexity index is 494. The molecule has 0 amide bonds. The summed E-state index contributed by atoms with van der Waals surface area (Å²) in [6.07, 6.45) is 3.25. The van der Waals surface area contributed by atoms with Crippen molar-refractivity contribution in [2.24, 2.45) is 5.73 Å². The van der Waals surface area contributed by atoms with Crippen molar-refractivity contribution < 1.29 is 4.79 Å². The van der Waals surface area contributed by atoms with Crippen molar-refractivity contribution in [3.05, 3.63) is 22.7 Å². The zero-order chi connectivity index (χ0) is 10.1. The molecule has 0 spiro atoms. The van der Waals surface area contributed by atoms with Gasteiger partial charge in [0.25, 0.3) is 5.78 Å². The molecule has 0 aliphatic heterocycles. The number of nitrogens with two attached hydrogens (primary N) is 1. The number of nitrogens with zero attached hydrogens (tertiary/aromatic N) is 4. The summed E-state index contributed by atoms with van der Waals surface area (Å²) < 4.78 is 2.19. The van der Waals surface area contributed by atoms with Gasteiger partial charge in [0, 0.05) is 12.4 Å². The van der Waals surface area contributed by atoms with Crippen molar-refractivity contribution in [3.63, 3.8) is 0 Å². The third kappa shape index (κ3) is 1.51. The largest absolute Gasteiger partial charge is 0.324 e. The molecule has 7 heteroatoms. The van der Waals surface area contributed by atoms with E-state index in [1.807, 2.05) is 0 Å². The molecule has 6 nitrogen and oxygen atoms in total. The van der Waals surface area contributed by atoms with Gasteiger partial charge in [-0.05, 0) is 15.9 Å². The van der Waals surface area contributed by atoms with E-state index in [1.165, 1.54) is 4.52 Å². The SMILES string of the molecule is NCC(=O)c1nc2ncc(Br)cn2n1. The van der Waals surface area contributed by atoms with E-state index in [0.717, 1.165) is 4.47 Å². The van der Waals surface area contributed by atoms with Gasteiger partial charge in [0.15, 0.2) is 0 Å². The molecule has 0 radical (unpaired) electrons. The highest BCUT2D eigenvalue weighted by atomic mass is 79.9. The van der Waals surface area contributed by atoms with Gasteiger partial charge in [-0.2, -0.15) is 4.98 Å². The van der Waals surface area contributed by atoms with Crippen LogP contribution < -0.4 is 5.73 Å². The smallest absolute Gasteiger partial charge is 0.252 e. The van der Waals surface area contributed by atoms with Crippen LogP contribution in [0.3, 0.4) is 0 Å². The van der Waals surface area contributed by atoms with Crippen molar-refractivity contribution in [1.29, 1.82) is 0 Å². The Morgan fingerprint density at radius 2 is 2.43 bits per heavy atom. The van der Waals surface area contributed by atoms with E-state index in [1.54, 1.807) is 12.4 Å². The Balaban J connectivity index is 2.56. The number of ketones is 1. The van der Waals surface area contributed by atoms with Gasteiger partial charge in [0.05, 0.1) is 11.0 Å². The molecular weight excluding hydrogens is 250 g/mol. The third-order valence-corrected chi connectivity index (χ3v) is 2.01. The Morgan fingerprint density at radius 1 is 1.64 bits per heavy atom. The van der Waals surface area contributed by atoms with Gasteiger partial charge in [0.1, 0.15) is 0 Å². The highest BCUT2D eigenvalue weighted by Crippen LogP contribution is 2.07. The molecule has 0 atom stereocenters. The van der Waals surface area contributed by atoms with Crippen LogP contribution in [0, 0.1) is 0 Å².